The summed E-state index contributed by atoms with van der Waals surface area (Å²) in [6.07, 6.45) is 2.70. The van der Waals surface area contributed by atoms with E-state index >= 15 is 0 Å². The van der Waals surface area contributed by atoms with E-state index in [9.17, 15) is 4.79 Å². The number of halogens is 2. The number of carbonyl (C=O) groups excluding carboxylic acids is 1. The Hall–Kier alpha value is -1.76. The largest absolute Gasteiger partial charge is 0.296 e. The maximum Gasteiger partial charge on any atom is 0.277 e. The van der Waals surface area contributed by atoms with Gasteiger partial charge in [0.05, 0.1) is 22.6 Å². The smallest absolute Gasteiger partial charge is 0.277 e. The van der Waals surface area contributed by atoms with Crippen molar-refractivity contribution in [3.8, 4) is 0 Å². The van der Waals surface area contributed by atoms with Crippen molar-refractivity contribution < 1.29 is 4.79 Å². The second-order valence-corrected chi connectivity index (χ2v) is 5.67. The molecule has 20 heavy (non-hydrogen) atoms. The minimum absolute atomic E-state index is 0.134. The highest BCUT2D eigenvalue weighted by molar-refractivity contribution is 7.22. The van der Waals surface area contributed by atoms with Crippen LogP contribution in [0.2, 0.25) is 10.2 Å². The highest BCUT2D eigenvalue weighted by Crippen LogP contribution is 2.28. The number of nitrogens with zero attached hydrogens (tertiary/aromatic N) is 3. The maximum atomic E-state index is 12.0. The predicted octanol–water partition coefficient (Wildman–Crippen LogP) is 3.65. The summed E-state index contributed by atoms with van der Waals surface area (Å²) in [4.78, 5) is 24.0. The van der Waals surface area contributed by atoms with Gasteiger partial charge in [-0.1, -0.05) is 34.5 Å². The lowest BCUT2D eigenvalue weighted by Crippen LogP contribution is -2.13. The Kier molecular flexibility index (Phi) is 3.52. The Bertz CT molecular complexity index is 805. The number of hydrogen-bond donors (Lipinski definition) is 1. The lowest BCUT2D eigenvalue weighted by atomic mass is 10.3. The highest BCUT2D eigenvalue weighted by Gasteiger charge is 2.12. The molecule has 2 heterocycles. The van der Waals surface area contributed by atoms with Crippen molar-refractivity contribution in [2.24, 2.45) is 0 Å². The first-order chi connectivity index (χ1) is 9.61. The molecule has 1 aromatic carbocycles. The van der Waals surface area contributed by atoms with Gasteiger partial charge in [-0.2, -0.15) is 0 Å². The molecule has 0 bridgehead atoms. The van der Waals surface area contributed by atoms with Gasteiger partial charge in [0, 0.05) is 5.02 Å². The van der Waals surface area contributed by atoms with Crippen molar-refractivity contribution in [2.45, 2.75) is 0 Å². The molecule has 5 nitrogen and oxygen atoms in total. The molecule has 3 aromatic rings. The van der Waals surface area contributed by atoms with Gasteiger partial charge in [-0.05, 0) is 18.2 Å². The molecule has 0 radical (unpaired) electrons. The minimum atomic E-state index is -0.412. The zero-order chi connectivity index (χ0) is 14.1. The first-order valence-corrected chi connectivity index (χ1v) is 7.04. The number of carbonyl (C=O) groups is 1. The Morgan fingerprint density at radius 3 is 2.85 bits per heavy atom. The van der Waals surface area contributed by atoms with E-state index in [-0.39, 0.29) is 10.8 Å². The molecule has 0 spiro atoms. The third kappa shape index (κ3) is 2.72. The number of nitrogens with one attached hydrogen (secondary N) is 1. The first kappa shape index (κ1) is 13.2. The van der Waals surface area contributed by atoms with Crippen LogP contribution < -0.4 is 5.32 Å². The quantitative estimate of drug-likeness (QED) is 0.781. The summed E-state index contributed by atoms with van der Waals surface area (Å²) in [5, 5.41) is 3.91. The van der Waals surface area contributed by atoms with E-state index in [1.807, 2.05) is 0 Å². The van der Waals surface area contributed by atoms with Crippen LogP contribution in [0.4, 0.5) is 5.13 Å². The van der Waals surface area contributed by atoms with Crippen molar-refractivity contribution in [1.29, 1.82) is 0 Å². The standard InChI is InChI=1S/C12H6Cl2N4OS/c13-6-1-2-7-9(3-6)20-12(17-7)18-11(19)8-4-15-5-10(14)16-8/h1-5H,(H,17,18,19). The van der Waals surface area contributed by atoms with Crippen LogP contribution in [0.15, 0.2) is 30.6 Å². The molecule has 3 rings (SSSR count). The summed E-state index contributed by atoms with van der Waals surface area (Å²) < 4.78 is 0.893. The lowest BCUT2D eigenvalue weighted by Gasteiger charge is -1.99. The number of amides is 1. The fourth-order valence-electron chi connectivity index (χ4n) is 1.56. The maximum absolute atomic E-state index is 12.0. The molecule has 0 saturated heterocycles. The summed E-state index contributed by atoms with van der Waals surface area (Å²) in [5.74, 6) is -0.412. The van der Waals surface area contributed by atoms with Crippen LogP contribution in [-0.2, 0) is 0 Å². The Morgan fingerprint density at radius 1 is 1.20 bits per heavy atom. The van der Waals surface area contributed by atoms with E-state index in [0.717, 1.165) is 10.2 Å². The van der Waals surface area contributed by atoms with Crippen molar-refractivity contribution in [1.82, 2.24) is 15.0 Å². The molecule has 0 aliphatic carbocycles. The molecule has 0 aliphatic heterocycles. The van der Waals surface area contributed by atoms with Gasteiger partial charge in [-0.25, -0.2) is 9.97 Å². The normalized spacial score (nSPS) is 10.7. The number of fused-ring (bicyclic) bond motifs is 1. The van der Waals surface area contributed by atoms with Crippen molar-refractivity contribution in [3.05, 3.63) is 46.5 Å². The van der Waals surface area contributed by atoms with Gasteiger partial charge in [-0.15, -0.1) is 0 Å². The highest BCUT2D eigenvalue weighted by atomic mass is 35.5. The number of hydrogen-bond acceptors (Lipinski definition) is 5. The molecule has 8 heteroatoms. The second kappa shape index (κ2) is 5.32. The van der Waals surface area contributed by atoms with Gasteiger partial charge in [0.15, 0.2) is 5.13 Å². The zero-order valence-corrected chi connectivity index (χ0v) is 12.1. The van der Waals surface area contributed by atoms with E-state index in [1.54, 1.807) is 18.2 Å². The fraction of sp³-hybridized carbons (Fsp3) is 0. The molecule has 2 aromatic heterocycles. The Balaban J connectivity index is 1.87. The fourth-order valence-corrected chi connectivity index (χ4v) is 2.85. The summed E-state index contributed by atoms with van der Waals surface area (Å²) in [6, 6.07) is 5.34. The Labute approximate surface area is 127 Å². The van der Waals surface area contributed by atoms with E-state index in [0.29, 0.717) is 10.2 Å². The van der Waals surface area contributed by atoms with Crippen LogP contribution in [0.3, 0.4) is 0 Å². The molecule has 0 saturated carbocycles. The SMILES string of the molecule is O=C(Nc1nc2ccc(Cl)cc2s1)c1cncc(Cl)n1. The first-order valence-electron chi connectivity index (χ1n) is 5.47. The minimum Gasteiger partial charge on any atom is -0.296 e. The molecule has 0 aliphatic rings. The number of benzene rings is 1. The molecule has 100 valence electrons. The molecular formula is C12H6Cl2N4OS. The van der Waals surface area contributed by atoms with Gasteiger partial charge in [-0.3, -0.25) is 15.1 Å². The van der Waals surface area contributed by atoms with E-state index in [1.165, 1.54) is 23.7 Å². The monoisotopic (exact) mass is 324 g/mol. The molecule has 0 fully saturated rings. The van der Waals surface area contributed by atoms with Crippen LogP contribution >= 0.6 is 34.5 Å². The average molecular weight is 325 g/mol. The van der Waals surface area contributed by atoms with Crippen molar-refractivity contribution >= 4 is 55.8 Å². The third-order valence-corrected chi connectivity index (χ3v) is 3.76. The predicted molar refractivity (Wildman–Crippen MR) is 79.6 cm³/mol. The van der Waals surface area contributed by atoms with Gasteiger partial charge in [0.2, 0.25) is 0 Å². The molecule has 1 amide bonds. The van der Waals surface area contributed by atoms with Crippen LogP contribution in [0.5, 0.6) is 0 Å². The van der Waals surface area contributed by atoms with Crippen LogP contribution in [0.25, 0.3) is 10.2 Å². The van der Waals surface area contributed by atoms with Gasteiger partial charge in [0.25, 0.3) is 5.91 Å². The molecule has 0 unspecified atom stereocenters. The number of anilines is 1. The van der Waals surface area contributed by atoms with Gasteiger partial charge >= 0.3 is 0 Å². The zero-order valence-electron chi connectivity index (χ0n) is 9.80. The third-order valence-electron chi connectivity index (χ3n) is 2.41. The summed E-state index contributed by atoms with van der Waals surface area (Å²) in [6.45, 7) is 0. The topological polar surface area (TPSA) is 67.8 Å². The molecule has 1 N–H and O–H groups in total. The Morgan fingerprint density at radius 2 is 2.05 bits per heavy atom. The van der Waals surface area contributed by atoms with Crippen LogP contribution in [0, 0.1) is 0 Å². The number of thiazole rings is 1. The second-order valence-electron chi connectivity index (χ2n) is 3.81. The van der Waals surface area contributed by atoms with E-state index in [2.05, 4.69) is 20.3 Å². The lowest BCUT2D eigenvalue weighted by molar-refractivity contribution is 0.102. The van der Waals surface area contributed by atoms with E-state index < -0.39 is 5.91 Å². The van der Waals surface area contributed by atoms with Crippen molar-refractivity contribution in [3.63, 3.8) is 0 Å². The molecule has 0 atom stereocenters. The van der Waals surface area contributed by atoms with Crippen LogP contribution in [-0.4, -0.2) is 20.9 Å². The average Bonchev–Trinajstić information content (AvgIpc) is 2.80. The summed E-state index contributed by atoms with van der Waals surface area (Å²) in [7, 11) is 0. The summed E-state index contributed by atoms with van der Waals surface area (Å²) in [5.41, 5.74) is 0.904. The molecular weight excluding hydrogens is 319 g/mol. The van der Waals surface area contributed by atoms with Crippen LogP contribution in [0.1, 0.15) is 10.5 Å². The van der Waals surface area contributed by atoms with Gasteiger partial charge in [0.1, 0.15) is 10.8 Å². The van der Waals surface area contributed by atoms with Crippen molar-refractivity contribution in [2.75, 3.05) is 5.32 Å². The number of rotatable bonds is 2. The summed E-state index contributed by atoms with van der Waals surface area (Å²) >= 11 is 12.9. The number of aromatic nitrogens is 3. The van der Waals surface area contributed by atoms with E-state index in [4.69, 9.17) is 23.2 Å². The van der Waals surface area contributed by atoms with Gasteiger partial charge < -0.3 is 0 Å².